The molecular weight excluding hydrogens is 416 g/mol. The molecule has 0 aromatic heterocycles. The highest BCUT2D eigenvalue weighted by molar-refractivity contribution is 7.84. The molecule has 164 valence electrons. The summed E-state index contributed by atoms with van der Waals surface area (Å²) in [4.78, 5) is 16.6. The van der Waals surface area contributed by atoms with Crippen molar-refractivity contribution in [2.45, 2.75) is 45.4 Å². The van der Waals surface area contributed by atoms with E-state index in [1.807, 2.05) is 0 Å². The van der Waals surface area contributed by atoms with Crippen LogP contribution in [0.3, 0.4) is 0 Å². The van der Waals surface area contributed by atoms with Gasteiger partial charge in [0.15, 0.2) is 0 Å². The molecule has 0 bridgehead atoms. The Labute approximate surface area is 178 Å². The highest BCUT2D eigenvalue weighted by atomic mass is 35.5. The van der Waals surface area contributed by atoms with Crippen molar-refractivity contribution in [2.24, 2.45) is 5.14 Å². The van der Waals surface area contributed by atoms with Crippen LogP contribution in [0, 0.1) is 0 Å². The van der Waals surface area contributed by atoms with Crippen LogP contribution in [0.25, 0.3) is 0 Å². The van der Waals surface area contributed by atoms with E-state index in [0.29, 0.717) is 18.8 Å². The fourth-order valence-corrected chi connectivity index (χ4v) is 3.86. The van der Waals surface area contributed by atoms with Crippen LogP contribution in [0.5, 0.6) is 5.75 Å². The smallest absolute Gasteiger partial charge is 0.371 e. The highest BCUT2D eigenvalue weighted by Gasteiger charge is 2.21. The average Bonchev–Trinajstić information content (AvgIpc) is 2.66. The third-order valence-electron chi connectivity index (χ3n) is 4.88. The summed E-state index contributed by atoms with van der Waals surface area (Å²) < 4.78 is 26.5. The van der Waals surface area contributed by atoms with E-state index in [2.05, 4.69) is 21.3 Å². The number of rotatable bonds is 10. The molecule has 1 aliphatic rings. The lowest BCUT2D eigenvalue weighted by Crippen LogP contribution is -2.50. The van der Waals surface area contributed by atoms with E-state index >= 15 is 0 Å². The van der Waals surface area contributed by atoms with E-state index in [9.17, 15) is 13.2 Å². The number of amides is 2. The van der Waals surface area contributed by atoms with Gasteiger partial charge in [0.05, 0.1) is 10.7 Å². The Morgan fingerprint density at radius 2 is 1.79 bits per heavy atom. The maximum atomic E-state index is 12.5. The number of unbranched alkanes of at least 4 members (excludes halogenated alkanes) is 5. The minimum absolute atomic E-state index is 0.0150. The average molecular weight is 447 g/mol. The van der Waals surface area contributed by atoms with Gasteiger partial charge in [0.2, 0.25) is 0 Å². The summed E-state index contributed by atoms with van der Waals surface area (Å²) >= 11 is 6.11. The van der Waals surface area contributed by atoms with Crippen LogP contribution in [0.1, 0.15) is 45.4 Å². The molecule has 1 aliphatic heterocycles. The lowest BCUT2D eigenvalue weighted by Gasteiger charge is -2.34. The van der Waals surface area contributed by atoms with Gasteiger partial charge in [-0.25, -0.2) is 4.79 Å². The van der Waals surface area contributed by atoms with Crippen molar-refractivity contribution in [1.29, 1.82) is 0 Å². The van der Waals surface area contributed by atoms with Gasteiger partial charge in [-0.2, -0.15) is 13.6 Å². The van der Waals surface area contributed by atoms with Gasteiger partial charge >= 0.3 is 16.3 Å². The molecule has 1 heterocycles. The number of carbonyl (C=O) groups is 1. The zero-order chi connectivity index (χ0) is 21.3. The van der Waals surface area contributed by atoms with Crippen molar-refractivity contribution in [3.8, 4) is 5.75 Å². The maximum absolute atomic E-state index is 12.5. The van der Waals surface area contributed by atoms with Gasteiger partial charge < -0.3 is 14.4 Å². The van der Waals surface area contributed by atoms with Crippen LogP contribution in [-0.2, 0) is 10.3 Å². The predicted octanol–water partition coefficient (Wildman–Crippen LogP) is 3.43. The topological polar surface area (TPSA) is 105 Å². The molecule has 10 heteroatoms. The van der Waals surface area contributed by atoms with Crippen LogP contribution in [-0.4, -0.2) is 57.0 Å². The molecule has 1 aromatic rings. The summed E-state index contributed by atoms with van der Waals surface area (Å²) in [5, 5.41) is 7.75. The molecule has 0 spiro atoms. The summed E-state index contributed by atoms with van der Waals surface area (Å²) in [6, 6.07) is 3.92. The molecule has 0 atom stereocenters. The number of hydrogen-bond acceptors (Lipinski definition) is 5. The molecule has 1 fully saturated rings. The summed E-state index contributed by atoms with van der Waals surface area (Å²) in [7, 11) is -4.12. The zero-order valence-electron chi connectivity index (χ0n) is 16.9. The first-order valence-electron chi connectivity index (χ1n) is 10.1. The molecule has 0 aliphatic carbocycles. The second-order valence-electron chi connectivity index (χ2n) is 7.24. The van der Waals surface area contributed by atoms with Crippen molar-refractivity contribution >= 4 is 33.6 Å². The Hall–Kier alpha value is -1.55. The SMILES string of the molecule is CCCCCCCCN1CCN(C(=O)Nc2ccc(OS(N)(=O)=O)cc2Cl)CC1. The molecule has 29 heavy (non-hydrogen) atoms. The summed E-state index contributed by atoms with van der Waals surface area (Å²) in [5.41, 5.74) is 0.382. The number of piperazine rings is 1. The van der Waals surface area contributed by atoms with Crippen LogP contribution >= 0.6 is 11.6 Å². The minimum Gasteiger partial charge on any atom is -0.371 e. The van der Waals surface area contributed by atoms with Gasteiger partial charge in [-0.3, -0.25) is 4.90 Å². The molecule has 3 N–H and O–H groups in total. The van der Waals surface area contributed by atoms with Crippen molar-refractivity contribution in [3.63, 3.8) is 0 Å². The maximum Gasteiger partial charge on any atom is 0.380 e. The van der Waals surface area contributed by atoms with E-state index in [-0.39, 0.29) is 16.8 Å². The van der Waals surface area contributed by atoms with E-state index in [1.165, 1.54) is 56.7 Å². The first-order valence-corrected chi connectivity index (χ1v) is 11.9. The number of nitrogens with zero attached hydrogens (tertiary/aromatic N) is 2. The number of nitrogens with one attached hydrogen (secondary N) is 1. The fraction of sp³-hybridized carbons (Fsp3) is 0.632. The first-order chi connectivity index (χ1) is 13.8. The molecule has 0 unspecified atom stereocenters. The van der Waals surface area contributed by atoms with Gasteiger partial charge in [0, 0.05) is 32.2 Å². The molecule has 2 amide bonds. The quantitative estimate of drug-likeness (QED) is 0.535. The first kappa shape index (κ1) is 23.7. The van der Waals surface area contributed by atoms with Crippen molar-refractivity contribution in [3.05, 3.63) is 23.2 Å². The van der Waals surface area contributed by atoms with Crippen LogP contribution in [0.15, 0.2) is 18.2 Å². The van der Waals surface area contributed by atoms with Gasteiger partial charge in [0.1, 0.15) is 5.75 Å². The second kappa shape index (κ2) is 11.6. The van der Waals surface area contributed by atoms with E-state index in [4.69, 9.17) is 16.7 Å². The lowest BCUT2D eigenvalue weighted by molar-refractivity contribution is 0.145. The highest BCUT2D eigenvalue weighted by Crippen LogP contribution is 2.27. The van der Waals surface area contributed by atoms with Gasteiger partial charge in [0.25, 0.3) is 0 Å². The molecule has 1 aromatic carbocycles. The van der Waals surface area contributed by atoms with E-state index < -0.39 is 10.3 Å². The van der Waals surface area contributed by atoms with Gasteiger partial charge in [-0.05, 0) is 25.1 Å². The van der Waals surface area contributed by atoms with E-state index in [0.717, 1.165) is 19.6 Å². The summed E-state index contributed by atoms with van der Waals surface area (Å²) in [6.07, 6.45) is 7.69. The number of urea groups is 1. The second-order valence-corrected chi connectivity index (χ2v) is 8.80. The third kappa shape index (κ3) is 8.77. The van der Waals surface area contributed by atoms with Crippen LogP contribution < -0.4 is 14.6 Å². The Balaban J connectivity index is 1.74. The third-order valence-corrected chi connectivity index (χ3v) is 5.62. The molecule has 2 rings (SSSR count). The zero-order valence-corrected chi connectivity index (χ0v) is 18.5. The number of hydrogen-bond donors (Lipinski definition) is 2. The number of benzene rings is 1. The Morgan fingerprint density at radius 3 is 2.41 bits per heavy atom. The molecule has 0 saturated carbocycles. The van der Waals surface area contributed by atoms with Gasteiger partial charge in [-0.15, -0.1) is 0 Å². The molecule has 0 radical (unpaired) electrons. The Kier molecular flexibility index (Phi) is 9.48. The largest absolute Gasteiger partial charge is 0.380 e. The monoisotopic (exact) mass is 446 g/mol. The minimum atomic E-state index is -4.12. The van der Waals surface area contributed by atoms with Crippen molar-refractivity contribution in [2.75, 3.05) is 38.0 Å². The number of nitrogens with two attached hydrogens (primary N) is 1. The molecular formula is C19H31ClN4O4S. The predicted molar refractivity (Wildman–Crippen MR) is 116 cm³/mol. The van der Waals surface area contributed by atoms with Crippen molar-refractivity contribution < 1.29 is 17.4 Å². The van der Waals surface area contributed by atoms with Crippen molar-refractivity contribution in [1.82, 2.24) is 9.80 Å². The van der Waals surface area contributed by atoms with Gasteiger partial charge in [-0.1, -0.05) is 50.6 Å². The van der Waals surface area contributed by atoms with Crippen LogP contribution in [0.4, 0.5) is 10.5 Å². The lowest BCUT2D eigenvalue weighted by atomic mass is 10.1. The number of carbonyl (C=O) groups excluding carboxylic acids is 1. The number of halogens is 1. The normalized spacial score (nSPS) is 15.3. The Bertz CT molecular complexity index is 767. The molecule has 8 nitrogen and oxygen atoms in total. The number of anilines is 1. The van der Waals surface area contributed by atoms with E-state index in [1.54, 1.807) is 4.90 Å². The fourth-order valence-electron chi connectivity index (χ4n) is 3.27. The molecule has 1 saturated heterocycles. The standard InChI is InChI=1S/C19H31ClN4O4S/c1-2-3-4-5-6-7-10-23-11-13-24(14-12-23)19(25)22-18-9-8-16(15-17(18)20)28-29(21,26)27/h8-9,15H,2-7,10-14H2,1H3,(H,22,25)(H2,21,26,27). The van der Waals surface area contributed by atoms with Crippen LogP contribution in [0.2, 0.25) is 5.02 Å². The summed E-state index contributed by atoms with van der Waals surface area (Å²) in [5.74, 6) is -0.0150. The summed E-state index contributed by atoms with van der Waals surface area (Å²) in [6.45, 7) is 6.34. The Morgan fingerprint density at radius 1 is 1.14 bits per heavy atom.